The fourth-order valence-electron chi connectivity index (χ4n) is 1.89. The van der Waals surface area contributed by atoms with E-state index in [9.17, 15) is 14.0 Å². The van der Waals surface area contributed by atoms with Gasteiger partial charge in [-0.2, -0.15) is 0 Å². The van der Waals surface area contributed by atoms with Gasteiger partial charge in [0, 0.05) is 19.2 Å². The molecule has 96 valence electrons. The second-order valence-electron chi connectivity index (χ2n) is 4.13. The lowest BCUT2D eigenvalue weighted by molar-refractivity contribution is -0.127. The minimum Gasteiger partial charge on any atom is -0.508 e. The van der Waals surface area contributed by atoms with Crippen LogP contribution < -0.4 is 5.32 Å². The quantitative estimate of drug-likeness (QED) is 0.764. The Kier molecular flexibility index (Phi) is 3.18. The normalized spacial score (nSPS) is 19.6. The van der Waals surface area contributed by atoms with Crippen molar-refractivity contribution in [2.45, 2.75) is 13.0 Å². The minimum atomic E-state index is -0.793. The molecule has 1 heterocycles. The van der Waals surface area contributed by atoms with E-state index in [1.165, 1.54) is 17.0 Å². The lowest BCUT2D eigenvalue weighted by Gasteiger charge is -2.32. The third-order valence-electron chi connectivity index (χ3n) is 2.94. The largest absolute Gasteiger partial charge is 0.508 e. The second kappa shape index (κ2) is 4.64. The molecule has 5 nitrogen and oxygen atoms in total. The average molecular weight is 252 g/mol. The molecule has 0 aliphatic carbocycles. The van der Waals surface area contributed by atoms with Crippen LogP contribution in [0.2, 0.25) is 0 Å². The summed E-state index contributed by atoms with van der Waals surface area (Å²) in [6, 6.07) is 2.71. The van der Waals surface area contributed by atoms with E-state index in [1.54, 1.807) is 6.92 Å². The molecule has 2 rings (SSSR count). The van der Waals surface area contributed by atoms with Crippen LogP contribution in [-0.4, -0.2) is 41.0 Å². The molecule has 1 unspecified atom stereocenters. The monoisotopic (exact) mass is 252 g/mol. The summed E-state index contributed by atoms with van der Waals surface area (Å²) in [6.45, 7) is 2.28. The number of rotatable bonds is 1. The molecule has 0 bridgehead atoms. The maximum absolute atomic E-state index is 13.6. The predicted octanol–water partition coefficient (Wildman–Crippen LogP) is 0.492. The number of aromatic hydroxyl groups is 1. The van der Waals surface area contributed by atoms with Crippen LogP contribution in [0, 0.1) is 5.82 Å². The van der Waals surface area contributed by atoms with Crippen LogP contribution in [0.15, 0.2) is 18.2 Å². The lowest BCUT2D eigenvalue weighted by atomic mass is 10.1. The van der Waals surface area contributed by atoms with Crippen molar-refractivity contribution in [3.05, 3.63) is 29.6 Å². The Balaban J connectivity index is 2.28. The summed E-state index contributed by atoms with van der Waals surface area (Å²) >= 11 is 0. The van der Waals surface area contributed by atoms with Gasteiger partial charge in [-0.25, -0.2) is 4.39 Å². The third kappa shape index (κ3) is 2.13. The fourth-order valence-corrected chi connectivity index (χ4v) is 1.89. The Morgan fingerprint density at radius 1 is 1.56 bits per heavy atom. The Morgan fingerprint density at radius 2 is 2.28 bits per heavy atom. The topological polar surface area (TPSA) is 69.6 Å². The molecule has 0 saturated carbocycles. The van der Waals surface area contributed by atoms with E-state index in [0.717, 1.165) is 6.07 Å². The Morgan fingerprint density at radius 3 is 2.94 bits per heavy atom. The molecule has 1 aliphatic heterocycles. The number of benzene rings is 1. The van der Waals surface area contributed by atoms with Gasteiger partial charge in [0.25, 0.3) is 5.91 Å². The van der Waals surface area contributed by atoms with E-state index in [4.69, 9.17) is 5.11 Å². The standard InChI is InChI=1S/C12H13FN2O3/c1-7-11(17)14-4-5-15(7)12(18)9-3-2-8(16)6-10(9)13/h2-3,6-7,16H,4-5H2,1H3,(H,14,17). The number of piperazine rings is 1. The molecule has 0 aromatic heterocycles. The molecule has 1 atom stereocenters. The molecule has 2 N–H and O–H groups in total. The molecule has 6 heteroatoms. The molecule has 1 aromatic rings. The third-order valence-corrected chi connectivity index (χ3v) is 2.94. The molecule has 1 fully saturated rings. The van der Waals surface area contributed by atoms with Gasteiger partial charge in [0.1, 0.15) is 17.6 Å². The van der Waals surface area contributed by atoms with Gasteiger partial charge in [0.05, 0.1) is 5.56 Å². The zero-order valence-corrected chi connectivity index (χ0v) is 9.81. The summed E-state index contributed by atoms with van der Waals surface area (Å²) in [6.07, 6.45) is 0. The summed E-state index contributed by atoms with van der Waals surface area (Å²) in [7, 11) is 0. The predicted molar refractivity (Wildman–Crippen MR) is 61.6 cm³/mol. The van der Waals surface area contributed by atoms with Crippen molar-refractivity contribution in [1.82, 2.24) is 10.2 Å². The molecule has 18 heavy (non-hydrogen) atoms. The summed E-state index contributed by atoms with van der Waals surface area (Å²) in [5, 5.41) is 11.7. The maximum atomic E-state index is 13.6. The van der Waals surface area contributed by atoms with Gasteiger partial charge in [-0.1, -0.05) is 0 Å². The van der Waals surface area contributed by atoms with Crippen molar-refractivity contribution >= 4 is 11.8 Å². The number of hydrogen-bond donors (Lipinski definition) is 2. The number of phenolic OH excluding ortho intramolecular Hbond substituents is 1. The summed E-state index contributed by atoms with van der Waals surface area (Å²) < 4.78 is 13.6. The molecular formula is C12H13FN2O3. The molecule has 1 aliphatic rings. The van der Waals surface area contributed by atoms with Gasteiger partial charge in [0.2, 0.25) is 5.91 Å². The summed E-state index contributed by atoms with van der Waals surface area (Å²) in [4.78, 5) is 24.9. The first-order valence-electron chi connectivity index (χ1n) is 5.58. The SMILES string of the molecule is CC1C(=O)NCCN1C(=O)c1ccc(O)cc1F. The Bertz CT molecular complexity index is 504. The Hall–Kier alpha value is -2.11. The number of phenols is 1. The van der Waals surface area contributed by atoms with E-state index in [1.807, 2.05) is 0 Å². The minimum absolute atomic E-state index is 0.144. The van der Waals surface area contributed by atoms with Crippen LogP contribution in [0.4, 0.5) is 4.39 Å². The Labute approximate surface area is 103 Å². The number of carbonyl (C=O) groups excluding carboxylic acids is 2. The highest BCUT2D eigenvalue weighted by atomic mass is 19.1. The van der Waals surface area contributed by atoms with Crippen LogP contribution >= 0.6 is 0 Å². The van der Waals surface area contributed by atoms with E-state index < -0.39 is 17.8 Å². The number of amides is 2. The van der Waals surface area contributed by atoms with Crippen LogP contribution in [0.5, 0.6) is 5.75 Å². The first kappa shape index (κ1) is 12.3. The van der Waals surface area contributed by atoms with E-state index in [0.29, 0.717) is 13.1 Å². The molecule has 0 spiro atoms. The summed E-state index contributed by atoms with van der Waals surface area (Å²) in [5.74, 6) is -1.84. The van der Waals surface area contributed by atoms with Crippen LogP contribution in [0.25, 0.3) is 0 Å². The van der Waals surface area contributed by atoms with Gasteiger partial charge in [0.15, 0.2) is 0 Å². The van der Waals surface area contributed by atoms with Crippen LogP contribution in [-0.2, 0) is 4.79 Å². The average Bonchev–Trinajstić information content (AvgIpc) is 2.32. The molecular weight excluding hydrogens is 239 g/mol. The number of carbonyl (C=O) groups is 2. The molecule has 1 aromatic carbocycles. The smallest absolute Gasteiger partial charge is 0.257 e. The molecule has 2 amide bonds. The van der Waals surface area contributed by atoms with Gasteiger partial charge in [-0.15, -0.1) is 0 Å². The second-order valence-corrected chi connectivity index (χ2v) is 4.13. The first-order chi connectivity index (χ1) is 8.50. The van der Waals surface area contributed by atoms with Gasteiger partial charge in [-0.05, 0) is 19.1 Å². The van der Waals surface area contributed by atoms with E-state index >= 15 is 0 Å². The zero-order valence-electron chi connectivity index (χ0n) is 9.81. The van der Waals surface area contributed by atoms with Crippen LogP contribution in [0.3, 0.4) is 0 Å². The van der Waals surface area contributed by atoms with E-state index in [2.05, 4.69) is 5.32 Å². The van der Waals surface area contributed by atoms with Gasteiger partial charge in [-0.3, -0.25) is 9.59 Å². The van der Waals surface area contributed by atoms with Crippen LogP contribution in [0.1, 0.15) is 17.3 Å². The van der Waals surface area contributed by atoms with Crippen molar-refractivity contribution in [3.8, 4) is 5.75 Å². The van der Waals surface area contributed by atoms with Crippen molar-refractivity contribution in [2.75, 3.05) is 13.1 Å². The van der Waals surface area contributed by atoms with Crippen molar-refractivity contribution in [2.24, 2.45) is 0 Å². The number of nitrogens with zero attached hydrogens (tertiary/aromatic N) is 1. The van der Waals surface area contributed by atoms with Gasteiger partial charge >= 0.3 is 0 Å². The zero-order chi connectivity index (χ0) is 13.3. The fraction of sp³-hybridized carbons (Fsp3) is 0.333. The van der Waals surface area contributed by atoms with Crippen molar-refractivity contribution in [1.29, 1.82) is 0 Å². The number of hydrogen-bond acceptors (Lipinski definition) is 3. The highest BCUT2D eigenvalue weighted by molar-refractivity contribution is 5.98. The highest BCUT2D eigenvalue weighted by Crippen LogP contribution is 2.18. The first-order valence-corrected chi connectivity index (χ1v) is 5.58. The molecule has 0 radical (unpaired) electrons. The number of nitrogens with one attached hydrogen (secondary N) is 1. The lowest BCUT2D eigenvalue weighted by Crippen LogP contribution is -2.55. The van der Waals surface area contributed by atoms with Crippen molar-refractivity contribution < 1.29 is 19.1 Å². The number of halogens is 1. The highest BCUT2D eigenvalue weighted by Gasteiger charge is 2.31. The maximum Gasteiger partial charge on any atom is 0.257 e. The van der Waals surface area contributed by atoms with Gasteiger partial charge < -0.3 is 15.3 Å². The van der Waals surface area contributed by atoms with E-state index in [-0.39, 0.29) is 17.2 Å². The summed E-state index contributed by atoms with van der Waals surface area (Å²) in [5.41, 5.74) is -0.144. The van der Waals surface area contributed by atoms with Crippen molar-refractivity contribution in [3.63, 3.8) is 0 Å². The molecule has 1 saturated heterocycles.